The van der Waals surface area contributed by atoms with Gasteiger partial charge in [-0.25, -0.2) is 4.98 Å². The third-order valence-electron chi connectivity index (χ3n) is 3.83. The number of carbonyl (C=O) groups is 1. The summed E-state index contributed by atoms with van der Waals surface area (Å²) in [4.78, 5) is 20.8. The van der Waals surface area contributed by atoms with E-state index in [0.717, 1.165) is 22.8 Å². The fraction of sp³-hybridized carbons (Fsp3) is 0.211. The summed E-state index contributed by atoms with van der Waals surface area (Å²) in [6.07, 6.45) is 5.65. The molecule has 0 fully saturated rings. The maximum absolute atomic E-state index is 12.2. The van der Waals surface area contributed by atoms with Crippen LogP contribution in [0.5, 0.6) is 5.75 Å². The van der Waals surface area contributed by atoms with Crippen molar-refractivity contribution in [2.75, 3.05) is 13.7 Å². The molecule has 3 rings (SSSR count). The van der Waals surface area contributed by atoms with Crippen LogP contribution in [0, 0.1) is 0 Å². The fourth-order valence-corrected chi connectivity index (χ4v) is 2.62. The van der Waals surface area contributed by atoms with Crippen molar-refractivity contribution in [1.29, 1.82) is 0 Å². The van der Waals surface area contributed by atoms with Crippen LogP contribution in [0.2, 0.25) is 0 Å². The zero-order valence-corrected chi connectivity index (χ0v) is 14.1. The average molecular weight is 336 g/mol. The minimum Gasteiger partial charge on any atom is -0.496 e. The van der Waals surface area contributed by atoms with E-state index < -0.39 is 0 Å². The maximum atomic E-state index is 12.2. The van der Waals surface area contributed by atoms with Gasteiger partial charge < -0.3 is 14.6 Å². The van der Waals surface area contributed by atoms with Gasteiger partial charge in [-0.3, -0.25) is 9.78 Å². The summed E-state index contributed by atoms with van der Waals surface area (Å²) in [5, 5.41) is 2.94. The van der Waals surface area contributed by atoms with Crippen LogP contribution in [-0.2, 0) is 17.8 Å². The number of methoxy groups -OCH3 is 1. The summed E-state index contributed by atoms with van der Waals surface area (Å²) in [6, 6.07) is 13.2. The number of rotatable bonds is 7. The lowest BCUT2D eigenvalue weighted by Gasteiger charge is -2.10. The Hall–Kier alpha value is -3.15. The molecule has 0 atom stereocenters. The number of amides is 1. The minimum atomic E-state index is -0.0380. The van der Waals surface area contributed by atoms with Crippen LogP contribution in [0.4, 0.5) is 0 Å². The fourth-order valence-electron chi connectivity index (χ4n) is 2.62. The first-order valence-corrected chi connectivity index (χ1v) is 8.09. The lowest BCUT2D eigenvalue weighted by molar-refractivity contribution is -0.120. The number of hydrogen-bond acceptors (Lipinski definition) is 4. The van der Waals surface area contributed by atoms with Gasteiger partial charge in [0.25, 0.3) is 0 Å². The molecule has 6 nitrogen and oxygen atoms in total. The molecule has 2 aromatic heterocycles. The number of pyridine rings is 1. The van der Waals surface area contributed by atoms with E-state index in [9.17, 15) is 4.79 Å². The van der Waals surface area contributed by atoms with Gasteiger partial charge in [0.15, 0.2) is 5.82 Å². The van der Waals surface area contributed by atoms with E-state index in [0.29, 0.717) is 19.5 Å². The van der Waals surface area contributed by atoms with Gasteiger partial charge in [-0.2, -0.15) is 0 Å². The first kappa shape index (κ1) is 16.7. The van der Waals surface area contributed by atoms with Crippen LogP contribution >= 0.6 is 0 Å². The Labute approximate surface area is 146 Å². The second kappa shape index (κ2) is 8.10. The first-order valence-electron chi connectivity index (χ1n) is 8.09. The Balaban J connectivity index is 1.55. The molecule has 1 amide bonds. The summed E-state index contributed by atoms with van der Waals surface area (Å²) in [6.45, 7) is 1.15. The highest BCUT2D eigenvalue weighted by molar-refractivity contribution is 5.79. The van der Waals surface area contributed by atoms with Gasteiger partial charge in [0, 0.05) is 37.2 Å². The van der Waals surface area contributed by atoms with E-state index in [1.54, 1.807) is 19.5 Å². The Morgan fingerprint density at radius 3 is 2.76 bits per heavy atom. The van der Waals surface area contributed by atoms with Crippen LogP contribution in [0.15, 0.2) is 61.1 Å². The smallest absolute Gasteiger partial charge is 0.224 e. The Morgan fingerprint density at radius 1 is 1.12 bits per heavy atom. The minimum absolute atomic E-state index is 0.0380. The Bertz CT molecular complexity index is 830. The zero-order chi connectivity index (χ0) is 17.5. The monoisotopic (exact) mass is 336 g/mol. The van der Waals surface area contributed by atoms with Gasteiger partial charge in [-0.15, -0.1) is 0 Å². The predicted molar refractivity (Wildman–Crippen MR) is 95.2 cm³/mol. The predicted octanol–water partition coefficient (Wildman–Crippen LogP) is 2.31. The van der Waals surface area contributed by atoms with Crippen molar-refractivity contribution in [2.24, 2.45) is 0 Å². The number of carbonyl (C=O) groups excluding carboxylic acids is 1. The standard InChI is InChI=1S/C19H20N4O2/c1-25-17-8-3-2-6-15(17)14-18(24)21-10-12-23-13-11-22-19(23)16-7-4-5-9-20-16/h2-9,11,13H,10,12,14H2,1H3,(H,21,24). The summed E-state index contributed by atoms with van der Waals surface area (Å²) in [5.74, 6) is 1.48. The second-order valence-electron chi connectivity index (χ2n) is 5.50. The molecule has 0 saturated heterocycles. The maximum Gasteiger partial charge on any atom is 0.224 e. The SMILES string of the molecule is COc1ccccc1CC(=O)NCCn1ccnc1-c1ccccn1. The van der Waals surface area contributed by atoms with E-state index in [1.165, 1.54) is 0 Å². The van der Waals surface area contributed by atoms with E-state index in [2.05, 4.69) is 15.3 Å². The summed E-state index contributed by atoms with van der Waals surface area (Å²) in [7, 11) is 1.61. The van der Waals surface area contributed by atoms with Gasteiger partial charge in [-0.05, 0) is 18.2 Å². The average Bonchev–Trinajstić information content (AvgIpc) is 3.11. The van der Waals surface area contributed by atoms with Crippen molar-refractivity contribution in [2.45, 2.75) is 13.0 Å². The number of benzene rings is 1. The quantitative estimate of drug-likeness (QED) is 0.719. The number of nitrogens with one attached hydrogen (secondary N) is 1. The highest BCUT2D eigenvalue weighted by atomic mass is 16.5. The highest BCUT2D eigenvalue weighted by Gasteiger charge is 2.09. The van der Waals surface area contributed by atoms with Crippen molar-refractivity contribution in [3.63, 3.8) is 0 Å². The first-order chi connectivity index (χ1) is 12.3. The largest absolute Gasteiger partial charge is 0.496 e. The number of hydrogen-bond donors (Lipinski definition) is 1. The number of ether oxygens (including phenoxy) is 1. The van der Waals surface area contributed by atoms with E-state index in [-0.39, 0.29) is 5.91 Å². The lowest BCUT2D eigenvalue weighted by Crippen LogP contribution is -2.28. The van der Waals surface area contributed by atoms with Crippen LogP contribution < -0.4 is 10.1 Å². The lowest BCUT2D eigenvalue weighted by atomic mass is 10.1. The van der Waals surface area contributed by atoms with Crippen molar-refractivity contribution in [1.82, 2.24) is 19.9 Å². The van der Waals surface area contributed by atoms with Crippen molar-refractivity contribution in [3.8, 4) is 17.3 Å². The molecule has 25 heavy (non-hydrogen) atoms. The van der Waals surface area contributed by atoms with Gasteiger partial charge in [0.2, 0.25) is 5.91 Å². The molecule has 6 heteroatoms. The Kier molecular flexibility index (Phi) is 5.41. The van der Waals surface area contributed by atoms with Crippen molar-refractivity contribution < 1.29 is 9.53 Å². The summed E-state index contributed by atoms with van der Waals surface area (Å²) in [5.41, 5.74) is 1.69. The Morgan fingerprint density at radius 2 is 1.96 bits per heavy atom. The normalized spacial score (nSPS) is 10.4. The van der Waals surface area contributed by atoms with E-state index in [4.69, 9.17) is 4.74 Å². The molecule has 0 bridgehead atoms. The van der Waals surface area contributed by atoms with Crippen molar-refractivity contribution >= 4 is 5.91 Å². The summed E-state index contributed by atoms with van der Waals surface area (Å²) >= 11 is 0. The molecule has 128 valence electrons. The molecular weight excluding hydrogens is 316 g/mol. The van der Waals surface area contributed by atoms with Gasteiger partial charge in [0.1, 0.15) is 11.4 Å². The van der Waals surface area contributed by atoms with Crippen molar-refractivity contribution in [3.05, 3.63) is 66.6 Å². The molecule has 3 aromatic rings. The third kappa shape index (κ3) is 4.23. The molecule has 0 aliphatic carbocycles. The zero-order valence-electron chi connectivity index (χ0n) is 14.1. The number of aromatic nitrogens is 3. The van der Waals surface area contributed by atoms with Gasteiger partial charge >= 0.3 is 0 Å². The molecule has 0 aliphatic rings. The summed E-state index contributed by atoms with van der Waals surface area (Å²) < 4.78 is 7.25. The highest BCUT2D eigenvalue weighted by Crippen LogP contribution is 2.17. The van der Waals surface area contributed by atoms with Crippen LogP contribution in [-0.4, -0.2) is 34.1 Å². The van der Waals surface area contributed by atoms with E-state index in [1.807, 2.05) is 53.2 Å². The molecule has 1 aromatic carbocycles. The van der Waals surface area contributed by atoms with Crippen LogP contribution in [0.1, 0.15) is 5.56 Å². The molecule has 0 saturated carbocycles. The molecule has 0 aliphatic heterocycles. The molecule has 0 radical (unpaired) electrons. The molecule has 1 N–H and O–H groups in total. The van der Waals surface area contributed by atoms with E-state index >= 15 is 0 Å². The van der Waals surface area contributed by atoms with Gasteiger partial charge in [0.05, 0.1) is 13.5 Å². The third-order valence-corrected chi connectivity index (χ3v) is 3.83. The molecule has 2 heterocycles. The van der Waals surface area contributed by atoms with Crippen LogP contribution in [0.3, 0.4) is 0 Å². The van der Waals surface area contributed by atoms with Gasteiger partial charge in [-0.1, -0.05) is 24.3 Å². The topological polar surface area (TPSA) is 69.0 Å². The van der Waals surface area contributed by atoms with Crippen LogP contribution in [0.25, 0.3) is 11.5 Å². The number of nitrogens with zero attached hydrogens (tertiary/aromatic N) is 3. The molecule has 0 spiro atoms. The second-order valence-corrected chi connectivity index (χ2v) is 5.50. The molecule has 0 unspecified atom stereocenters. The molecular formula is C19H20N4O2. The number of imidazole rings is 1. The number of para-hydroxylation sites is 1.